The van der Waals surface area contributed by atoms with Crippen molar-refractivity contribution in [1.29, 1.82) is 0 Å². The third-order valence-electron chi connectivity index (χ3n) is 12.0. The molecule has 0 amide bonds. The van der Waals surface area contributed by atoms with Crippen LogP contribution < -0.4 is 4.90 Å². The molecule has 276 valence electrons. The standard InChI is InChI=1S/C56H36N2O/c1-3-18-44-38(13-1)15-11-23-49(44)56-45-19-4-2-14-39(45)29-33-53(56)57(41-31-27-37(28-32-41)40-30-34-55-50(35-40)48-22-7-10-26-54(48)59-55)42-16-12-17-43(36-42)58-51-24-8-5-20-46(51)47-21-6-9-25-52(47)58/h1-36H. The lowest BCUT2D eigenvalue weighted by atomic mass is 9.91. The smallest absolute Gasteiger partial charge is 0.135 e. The second kappa shape index (κ2) is 13.4. The zero-order valence-electron chi connectivity index (χ0n) is 32.1. The van der Waals surface area contributed by atoms with Crippen molar-refractivity contribution in [2.75, 3.05) is 4.90 Å². The highest BCUT2D eigenvalue weighted by atomic mass is 16.3. The SMILES string of the molecule is c1cc(N(c2ccc(-c3ccc4oc5ccccc5c4c3)cc2)c2ccc3ccccc3c2-c2cccc3ccccc23)cc(-n2c3ccccc3c3ccccc32)c1. The zero-order valence-corrected chi connectivity index (χ0v) is 32.1. The van der Waals surface area contributed by atoms with Crippen molar-refractivity contribution in [2.45, 2.75) is 0 Å². The summed E-state index contributed by atoms with van der Waals surface area (Å²) in [7, 11) is 0. The molecule has 0 unspecified atom stereocenters. The van der Waals surface area contributed by atoms with E-state index in [1.165, 1.54) is 54.5 Å². The van der Waals surface area contributed by atoms with Gasteiger partial charge in [-0.15, -0.1) is 0 Å². The van der Waals surface area contributed by atoms with Gasteiger partial charge in [-0.05, 0) is 105 Å². The molecule has 0 saturated carbocycles. The first-order chi connectivity index (χ1) is 29.3. The normalized spacial score (nSPS) is 11.7. The van der Waals surface area contributed by atoms with E-state index in [0.717, 1.165) is 55.8 Å². The molecule has 0 bridgehead atoms. The predicted molar refractivity (Wildman–Crippen MR) is 249 cm³/mol. The van der Waals surface area contributed by atoms with Gasteiger partial charge in [-0.2, -0.15) is 0 Å². The van der Waals surface area contributed by atoms with Gasteiger partial charge in [0.25, 0.3) is 0 Å². The van der Waals surface area contributed by atoms with Crippen molar-refractivity contribution in [3.8, 4) is 27.9 Å². The lowest BCUT2D eigenvalue weighted by molar-refractivity contribution is 0.669. The van der Waals surface area contributed by atoms with Crippen molar-refractivity contribution in [2.24, 2.45) is 0 Å². The Kier molecular flexibility index (Phi) is 7.54. The highest BCUT2D eigenvalue weighted by molar-refractivity contribution is 6.12. The summed E-state index contributed by atoms with van der Waals surface area (Å²) in [5.74, 6) is 0. The minimum Gasteiger partial charge on any atom is -0.456 e. The number of aromatic nitrogens is 1. The molecule has 2 heterocycles. The number of hydrogen-bond acceptors (Lipinski definition) is 2. The molecular weight excluding hydrogens is 717 g/mol. The van der Waals surface area contributed by atoms with Crippen molar-refractivity contribution < 1.29 is 4.42 Å². The molecule has 12 rings (SSSR count). The largest absolute Gasteiger partial charge is 0.456 e. The third kappa shape index (κ3) is 5.36. The van der Waals surface area contributed by atoms with Gasteiger partial charge in [0.2, 0.25) is 0 Å². The van der Waals surface area contributed by atoms with Gasteiger partial charge < -0.3 is 13.9 Å². The topological polar surface area (TPSA) is 21.3 Å². The second-order valence-electron chi connectivity index (χ2n) is 15.3. The molecule has 0 aliphatic carbocycles. The van der Waals surface area contributed by atoms with Crippen LogP contribution in [-0.2, 0) is 0 Å². The Labute approximate surface area is 341 Å². The Morgan fingerprint density at radius 2 is 0.949 bits per heavy atom. The van der Waals surface area contributed by atoms with Crippen LogP contribution in [0.4, 0.5) is 17.1 Å². The molecule has 59 heavy (non-hydrogen) atoms. The molecule has 0 radical (unpaired) electrons. The van der Waals surface area contributed by atoms with Gasteiger partial charge in [0.15, 0.2) is 0 Å². The van der Waals surface area contributed by atoms with Crippen molar-refractivity contribution in [3.05, 3.63) is 218 Å². The van der Waals surface area contributed by atoms with E-state index >= 15 is 0 Å². The minimum atomic E-state index is 0.901. The van der Waals surface area contributed by atoms with E-state index in [4.69, 9.17) is 4.42 Å². The number of anilines is 3. The maximum atomic E-state index is 6.17. The van der Waals surface area contributed by atoms with E-state index in [1.54, 1.807) is 0 Å². The molecule has 3 heteroatoms. The summed E-state index contributed by atoms with van der Waals surface area (Å²) in [6.45, 7) is 0. The van der Waals surface area contributed by atoms with Gasteiger partial charge in [0.1, 0.15) is 11.2 Å². The summed E-state index contributed by atoms with van der Waals surface area (Å²) in [5.41, 5.74) is 13.2. The molecule has 0 N–H and O–H groups in total. The fourth-order valence-corrected chi connectivity index (χ4v) is 9.28. The lowest BCUT2D eigenvalue weighted by Gasteiger charge is -2.29. The van der Waals surface area contributed by atoms with Crippen molar-refractivity contribution in [3.63, 3.8) is 0 Å². The van der Waals surface area contributed by atoms with Crippen LogP contribution >= 0.6 is 0 Å². The first-order valence-corrected chi connectivity index (χ1v) is 20.2. The van der Waals surface area contributed by atoms with Crippen LogP contribution in [0.1, 0.15) is 0 Å². The molecule has 2 aromatic heterocycles. The van der Waals surface area contributed by atoms with E-state index < -0.39 is 0 Å². The second-order valence-corrected chi connectivity index (χ2v) is 15.3. The summed E-state index contributed by atoms with van der Waals surface area (Å²) in [5, 5.41) is 9.61. The van der Waals surface area contributed by atoms with Gasteiger partial charge in [-0.1, -0.05) is 152 Å². The molecule has 12 aromatic rings. The Hall–Kier alpha value is -7.88. The first kappa shape index (κ1) is 33.3. The summed E-state index contributed by atoms with van der Waals surface area (Å²) >= 11 is 0. The van der Waals surface area contributed by atoms with Gasteiger partial charge in [0, 0.05) is 44.2 Å². The average molecular weight is 753 g/mol. The number of para-hydroxylation sites is 3. The molecule has 0 aliphatic rings. The predicted octanol–water partition coefficient (Wildman–Crippen LogP) is 15.8. The molecular formula is C56H36N2O. The molecule has 0 atom stereocenters. The highest BCUT2D eigenvalue weighted by Gasteiger charge is 2.22. The number of benzene rings is 10. The van der Waals surface area contributed by atoms with Crippen LogP contribution in [0.3, 0.4) is 0 Å². The van der Waals surface area contributed by atoms with Crippen molar-refractivity contribution >= 4 is 82.4 Å². The minimum absolute atomic E-state index is 0.901. The van der Waals surface area contributed by atoms with Crippen LogP contribution in [0, 0.1) is 0 Å². The van der Waals surface area contributed by atoms with Gasteiger partial charge in [-0.3, -0.25) is 0 Å². The fourth-order valence-electron chi connectivity index (χ4n) is 9.28. The molecule has 0 saturated heterocycles. The number of hydrogen-bond donors (Lipinski definition) is 0. The molecule has 0 spiro atoms. The van der Waals surface area contributed by atoms with Crippen LogP contribution in [0.25, 0.3) is 93.2 Å². The Bertz CT molecular complexity index is 3510. The van der Waals surface area contributed by atoms with E-state index in [2.05, 4.69) is 216 Å². The van der Waals surface area contributed by atoms with Gasteiger partial charge >= 0.3 is 0 Å². The highest BCUT2D eigenvalue weighted by Crippen LogP contribution is 2.47. The van der Waals surface area contributed by atoms with Crippen LogP contribution in [-0.4, -0.2) is 4.57 Å². The van der Waals surface area contributed by atoms with E-state index in [-0.39, 0.29) is 0 Å². The number of fused-ring (bicyclic) bond motifs is 8. The van der Waals surface area contributed by atoms with Gasteiger partial charge in [0.05, 0.1) is 16.7 Å². The number of nitrogens with zero attached hydrogens (tertiary/aromatic N) is 2. The molecule has 0 aliphatic heterocycles. The van der Waals surface area contributed by atoms with E-state index in [9.17, 15) is 0 Å². The Balaban J connectivity index is 1.09. The number of rotatable bonds is 6. The fraction of sp³-hybridized carbons (Fsp3) is 0. The monoisotopic (exact) mass is 752 g/mol. The van der Waals surface area contributed by atoms with Crippen LogP contribution in [0.2, 0.25) is 0 Å². The summed E-state index contributed by atoms with van der Waals surface area (Å²) < 4.78 is 8.57. The average Bonchev–Trinajstić information content (AvgIpc) is 3.85. The van der Waals surface area contributed by atoms with E-state index in [0.29, 0.717) is 0 Å². The van der Waals surface area contributed by atoms with Crippen LogP contribution in [0.15, 0.2) is 223 Å². The lowest BCUT2D eigenvalue weighted by Crippen LogP contribution is -2.12. The molecule has 3 nitrogen and oxygen atoms in total. The van der Waals surface area contributed by atoms with Gasteiger partial charge in [-0.25, -0.2) is 0 Å². The third-order valence-corrected chi connectivity index (χ3v) is 12.0. The maximum Gasteiger partial charge on any atom is 0.135 e. The summed E-state index contributed by atoms with van der Waals surface area (Å²) in [6.07, 6.45) is 0. The molecule has 0 fully saturated rings. The number of furan rings is 1. The molecule has 10 aromatic carbocycles. The Morgan fingerprint density at radius 1 is 0.356 bits per heavy atom. The first-order valence-electron chi connectivity index (χ1n) is 20.2. The zero-order chi connectivity index (χ0) is 38.9. The Morgan fingerprint density at radius 3 is 1.73 bits per heavy atom. The maximum absolute atomic E-state index is 6.17. The summed E-state index contributed by atoms with van der Waals surface area (Å²) in [6, 6.07) is 79.0. The van der Waals surface area contributed by atoms with Crippen LogP contribution in [0.5, 0.6) is 0 Å². The quantitative estimate of drug-likeness (QED) is 0.169. The van der Waals surface area contributed by atoms with Crippen molar-refractivity contribution in [1.82, 2.24) is 4.57 Å². The van der Waals surface area contributed by atoms with E-state index in [1.807, 2.05) is 12.1 Å². The summed E-state index contributed by atoms with van der Waals surface area (Å²) in [4.78, 5) is 2.44.